The lowest BCUT2D eigenvalue weighted by Gasteiger charge is -2.10. The van der Waals surface area contributed by atoms with Gasteiger partial charge in [0.1, 0.15) is 10.6 Å². The molecule has 0 aliphatic carbocycles. The largest absolute Gasteiger partial charge is 0.495 e. The van der Waals surface area contributed by atoms with Crippen LogP contribution in [-0.2, 0) is 14.8 Å². The van der Waals surface area contributed by atoms with Crippen LogP contribution in [0.2, 0.25) is 0 Å². The molecule has 1 rings (SSSR count). The number of hydrogen-bond donors (Lipinski definition) is 2. The Morgan fingerprint density at radius 2 is 2.05 bits per heavy atom. The molecule has 1 aromatic carbocycles. The van der Waals surface area contributed by atoms with Gasteiger partial charge < -0.3 is 10.1 Å². The van der Waals surface area contributed by atoms with Gasteiger partial charge in [0.05, 0.1) is 7.11 Å². The third-order valence-electron chi connectivity index (χ3n) is 2.76. The van der Waals surface area contributed by atoms with E-state index in [2.05, 4.69) is 12.2 Å². The second-order valence-corrected chi connectivity index (χ2v) is 5.95. The molecule has 3 N–H and O–H groups in total. The maximum Gasteiger partial charge on any atom is 0.241 e. The van der Waals surface area contributed by atoms with Gasteiger partial charge in [0.25, 0.3) is 0 Å². The third kappa shape index (κ3) is 4.82. The highest BCUT2D eigenvalue weighted by molar-refractivity contribution is 7.89. The molecule has 0 aliphatic rings. The summed E-state index contributed by atoms with van der Waals surface area (Å²) in [7, 11) is -2.55. The normalized spacial score (nSPS) is 11.2. The van der Waals surface area contributed by atoms with E-state index in [9.17, 15) is 13.2 Å². The zero-order chi connectivity index (χ0) is 15.2. The molecule has 0 saturated heterocycles. The van der Waals surface area contributed by atoms with E-state index in [1.807, 2.05) is 0 Å². The van der Waals surface area contributed by atoms with E-state index < -0.39 is 10.0 Å². The van der Waals surface area contributed by atoms with Crippen molar-refractivity contribution in [2.75, 3.05) is 12.4 Å². The summed E-state index contributed by atoms with van der Waals surface area (Å²) in [6.45, 7) is 2.06. The Hall–Kier alpha value is -1.60. The van der Waals surface area contributed by atoms with E-state index in [1.54, 1.807) is 6.07 Å². The smallest absolute Gasteiger partial charge is 0.241 e. The molecule has 0 bridgehead atoms. The second-order valence-electron chi connectivity index (χ2n) is 4.42. The van der Waals surface area contributed by atoms with Crippen molar-refractivity contribution in [3.8, 4) is 5.75 Å². The SMILES string of the molecule is CCCCCC(=O)Nc1ccc(OC)c(S(N)(=O)=O)c1. The number of hydrogen-bond acceptors (Lipinski definition) is 4. The highest BCUT2D eigenvalue weighted by Crippen LogP contribution is 2.26. The fraction of sp³-hybridized carbons (Fsp3) is 0.462. The van der Waals surface area contributed by atoms with Gasteiger partial charge in [-0.15, -0.1) is 0 Å². The van der Waals surface area contributed by atoms with Crippen LogP contribution in [0.5, 0.6) is 5.75 Å². The van der Waals surface area contributed by atoms with Crippen molar-refractivity contribution in [2.45, 2.75) is 37.5 Å². The number of nitrogens with two attached hydrogens (primary N) is 1. The molecule has 1 aromatic rings. The van der Waals surface area contributed by atoms with Crippen molar-refractivity contribution in [1.82, 2.24) is 0 Å². The number of rotatable bonds is 7. The molecular formula is C13H20N2O4S. The topological polar surface area (TPSA) is 98.5 Å². The lowest BCUT2D eigenvalue weighted by molar-refractivity contribution is -0.116. The minimum atomic E-state index is -3.90. The Morgan fingerprint density at radius 1 is 1.35 bits per heavy atom. The molecule has 0 spiro atoms. The molecule has 0 saturated carbocycles. The van der Waals surface area contributed by atoms with Crippen LogP contribution in [0.25, 0.3) is 0 Å². The second kappa shape index (κ2) is 7.25. The number of primary sulfonamides is 1. The van der Waals surface area contributed by atoms with Gasteiger partial charge in [-0.3, -0.25) is 4.79 Å². The summed E-state index contributed by atoms with van der Waals surface area (Å²) in [5.41, 5.74) is 0.385. The molecule has 0 atom stereocenters. The van der Waals surface area contributed by atoms with Crippen molar-refractivity contribution in [2.24, 2.45) is 5.14 Å². The van der Waals surface area contributed by atoms with Crippen molar-refractivity contribution >= 4 is 21.6 Å². The van der Waals surface area contributed by atoms with Crippen LogP contribution in [0, 0.1) is 0 Å². The zero-order valence-electron chi connectivity index (χ0n) is 11.7. The van der Waals surface area contributed by atoms with Gasteiger partial charge in [-0.2, -0.15) is 0 Å². The Labute approximate surface area is 119 Å². The Balaban J connectivity index is 2.85. The fourth-order valence-electron chi connectivity index (χ4n) is 1.74. The number of benzene rings is 1. The number of unbranched alkanes of at least 4 members (excludes halogenated alkanes) is 2. The van der Waals surface area contributed by atoms with Gasteiger partial charge in [-0.25, -0.2) is 13.6 Å². The summed E-state index contributed by atoms with van der Waals surface area (Å²) in [6, 6.07) is 4.33. The van der Waals surface area contributed by atoms with Crippen LogP contribution in [0.15, 0.2) is 23.1 Å². The van der Waals surface area contributed by atoms with Crippen LogP contribution >= 0.6 is 0 Å². The van der Waals surface area contributed by atoms with Crippen LogP contribution < -0.4 is 15.2 Å². The lowest BCUT2D eigenvalue weighted by Crippen LogP contribution is -2.15. The van der Waals surface area contributed by atoms with E-state index in [1.165, 1.54) is 19.2 Å². The number of methoxy groups -OCH3 is 1. The van der Waals surface area contributed by atoms with E-state index in [4.69, 9.17) is 9.88 Å². The molecule has 7 heteroatoms. The third-order valence-corrected chi connectivity index (χ3v) is 3.69. The number of anilines is 1. The maximum absolute atomic E-state index is 11.7. The van der Waals surface area contributed by atoms with E-state index in [0.717, 1.165) is 19.3 Å². The number of sulfonamides is 1. The molecule has 0 unspecified atom stereocenters. The fourth-order valence-corrected chi connectivity index (χ4v) is 2.46. The molecule has 0 aliphatic heterocycles. The molecule has 112 valence electrons. The van der Waals surface area contributed by atoms with Crippen molar-refractivity contribution < 1.29 is 17.9 Å². The number of nitrogens with one attached hydrogen (secondary N) is 1. The average molecular weight is 300 g/mol. The minimum absolute atomic E-state index is 0.147. The summed E-state index contributed by atoms with van der Waals surface area (Å²) >= 11 is 0. The standard InChI is InChI=1S/C13H20N2O4S/c1-3-4-5-6-13(16)15-10-7-8-11(19-2)12(9-10)20(14,17)18/h7-9H,3-6H2,1-2H3,(H,15,16)(H2,14,17,18). The lowest BCUT2D eigenvalue weighted by atomic mass is 10.2. The first-order chi connectivity index (χ1) is 9.38. The van der Waals surface area contributed by atoms with Gasteiger partial charge in [0, 0.05) is 12.1 Å². The predicted molar refractivity (Wildman–Crippen MR) is 77.1 cm³/mol. The number of carbonyl (C=O) groups excluding carboxylic acids is 1. The molecular weight excluding hydrogens is 280 g/mol. The Kier molecular flexibility index (Phi) is 5.97. The molecule has 6 nitrogen and oxygen atoms in total. The van der Waals surface area contributed by atoms with Crippen LogP contribution in [0.1, 0.15) is 32.6 Å². The molecule has 1 amide bonds. The highest BCUT2D eigenvalue weighted by atomic mass is 32.2. The molecule has 0 aromatic heterocycles. The Morgan fingerprint density at radius 3 is 2.60 bits per heavy atom. The summed E-state index contributed by atoms with van der Waals surface area (Å²) in [4.78, 5) is 11.5. The zero-order valence-corrected chi connectivity index (χ0v) is 12.5. The summed E-state index contributed by atoms with van der Waals surface area (Å²) in [5, 5.41) is 7.76. The molecule has 0 heterocycles. The quantitative estimate of drug-likeness (QED) is 0.751. The van der Waals surface area contributed by atoms with E-state index in [0.29, 0.717) is 12.1 Å². The molecule has 20 heavy (non-hydrogen) atoms. The van der Waals surface area contributed by atoms with Crippen molar-refractivity contribution in [3.05, 3.63) is 18.2 Å². The number of ether oxygens (including phenoxy) is 1. The first-order valence-corrected chi connectivity index (χ1v) is 7.93. The summed E-state index contributed by atoms with van der Waals surface area (Å²) in [5.74, 6) is 0.000434. The van der Waals surface area contributed by atoms with Crippen molar-refractivity contribution in [1.29, 1.82) is 0 Å². The van der Waals surface area contributed by atoms with Crippen LogP contribution in [0.4, 0.5) is 5.69 Å². The number of carbonyl (C=O) groups is 1. The molecule has 0 radical (unpaired) electrons. The van der Waals surface area contributed by atoms with Gasteiger partial charge in [-0.05, 0) is 24.6 Å². The van der Waals surface area contributed by atoms with Gasteiger partial charge in [0.2, 0.25) is 15.9 Å². The van der Waals surface area contributed by atoms with E-state index >= 15 is 0 Å². The van der Waals surface area contributed by atoms with E-state index in [-0.39, 0.29) is 16.6 Å². The maximum atomic E-state index is 11.7. The monoisotopic (exact) mass is 300 g/mol. The average Bonchev–Trinajstić information content (AvgIpc) is 2.38. The number of amides is 1. The van der Waals surface area contributed by atoms with Crippen LogP contribution in [0.3, 0.4) is 0 Å². The highest BCUT2D eigenvalue weighted by Gasteiger charge is 2.16. The first kappa shape index (κ1) is 16.5. The first-order valence-electron chi connectivity index (χ1n) is 6.39. The predicted octanol–water partition coefficient (Wildman–Crippen LogP) is 1.86. The molecule has 0 fully saturated rings. The van der Waals surface area contributed by atoms with Crippen molar-refractivity contribution in [3.63, 3.8) is 0 Å². The summed E-state index contributed by atoms with van der Waals surface area (Å²) < 4.78 is 27.8. The minimum Gasteiger partial charge on any atom is -0.495 e. The van der Waals surface area contributed by atoms with Gasteiger partial charge in [0.15, 0.2) is 0 Å². The van der Waals surface area contributed by atoms with Crippen LogP contribution in [-0.4, -0.2) is 21.4 Å². The Bertz CT molecular complexity index is 570. The van der Waals surface area contributed by atoms with Gasteiger partial charge >= 0.3 is 0 Å². The van der Waals surface area contributed by atoms with Gasteiger partial charge in [-0.1, -0.05) is 19.8 Å². The summed E-state index contributed by atoms with van der Waals surface area (Å²) in [6.07, 6.45) is 3.23.